The van der Waals surface area contributed by atoms with Crippen LogP contribution in [0.25, 0.3) is 0 Å². The van der Waals surface area contributed by atoms with E-state index in [0.717, 1.165) is 0 Å². The fourth-order valence-corrected chi connectivity index (χ4v) is 2.00. The van der Waals surface area contributed by atoms with E-state index in [4.69, 9.17) is 5.11 Å². The smallest absolute Gasteiger partial charge is 0.122 e. The normalized spacial score (nSPS) is 49.3. The highest BCUT2D eigenvalue weighted by Gasteiger charge is 2.56. The van der Waals surface area contributed by atoms with E-state index in [0.29, 0.717) is 0 Å². The molecular weight excluding hydrogens is 220 g/mol. The third kappa shape index (κ3) is 2.07. The van der Waals surface area contributed by atoms with Crippen molar-refractivity contribution in [1.29, 1.82) is 0 Å². The second kappa shape index (κ2) is 4.92. The van der Waals surface area contributed by atoms with Crippen molar-refractivity contribution in [1.82, 2.24) is 0 Å². The van der Waals surface area contributed by atoms with Crippen LogP contribution in [0.5, 0.6) is 0 Å². The van der Waals surface area contributed by atoms with Crippen LogP contribution < -0.4 is 0 Å². The van der Waals surface area contributed by atoms with E-state index >= 15 is 0 Å². The van der Waals surface area contributed by atoms with Gasteiger partial charge in [0.2, 0.25) is 0 Å². The monoisotopic (exact) mass is 238 g/mol. The Balaban J connectivity index is 2.88. The van der Waals surface area contributed by atoms with Gasteiger partial charge in [0.1, 0.15) is 36.1 Å². The lowest BCUT2D eigenvalue weighted by Crippen LogP contribution is -2.70. The third-order valence-electron chi connectivity index (χ3n) is 3.11. The Morgan fingerprint density at radius 2 is 1.25 bits per heavy atom. The molecule has 0 heterocycles. The highest BCUT2D eigenvalue weighted by atomic mass is 16.4. The van der Waals surface area contributed by atoms with Crippen LogP contribution >= 0.6 is 0 Å². The summed E-state index contributed by atoms with van der Waals surface area (Å²) in [6.07, 6.45) is -8.91. The van der Waals surface area contributed by atoms with E-state index < -0.39 is 36.1 Å². The molecule has 96 valence electrons. The average Bonchev–Trinajstić information content (AvgIpc) is 2.29. The Bertz CT molecular complexity index is 218. The summed E-state index contributed by atoms with van der Waals surface area (Å²) in [5.41, 5.74) is -2.14. The van der Waals surface area contributed by atoms with Crippen molar-refractivity contribution in [2.75, 3.05) is 6.61 Å². The first-order valence-corrected chi connectivity index (χ1v) is 5.10. The van der Waals surface area contributed by atoms with Crippen LogP contribution in [0.2, 0.25) is 0 Å². The molecule has 0 bridgehead atoms. The van der Waals surface area contributed by atoms with Gasteiger partial charge in [-0.1, -0.05) is 0 Å². The predicted octanol–water partition coefficient (Wildman–Crippen LogP) is -3.69. The lowest BCUT2D eigenvalue weighted by molar-refractivity contribution is -0.270. The van der Waals surface area contributed by atoms with Gasteiger partial charge in [0.05, 0.1) is 0 Å². The molecule has 1 aliphatic carbocycles. The van der Waals surface area contributed by atoms with Gasteiger partial charge < -0.3 is 35.7 Å². The topological polar surface area (TPSA) is 142 Å². The molecule has 7 nitrogen and oxygen atoms in total. The molecule has 1 rings (SSSR count). The molecule has 1 saturated carbocycles. The summed E-state index contributed by atoms with van der Waals surface area (Å²) in [4.78, 5) is 0. The molecule has 7 N–H and O–H groups in total. The maximum atomic E-state index is 9.96. The molecule has 0 radical (unpaired) electrons. The van der Waals surface area contributed by atoms with Crippen molar-refractivity contribution in [3.63, 3.8) is 0 Å². The summed E-state index contributed by atoms with van der Waals surface area (Å²) < 4.78 is 0. The summed E-state index contributed by atoms with van der Waals surface area (Å²) in [5.74, 6) is 0. The Hall–Kier alpha value is -0.280. The maximum Gasteiger partial charge on any atom is 0.122 e. The quantitative estimate of drug-likeness (QED) is 0.268. The van der Waals surface area contributed by atoms with Crippen LogP contribution in [-0.2, 0) is 0 Å². The zero-order chi connectivity index (χ0) is 12.5. The van der Waals surface area contributed by atoms with Crippen LogP contribution in [0.4, 0.5) is 0 Å². The number of rotatable bonds is 3. The van der Waals surface area contributed by atoms with Crippen molar-refractivity contribution in [3.05, 3.63) is 0 Å². The van der Waals surface area contributed by atoms with E-state index in [1.807, 2.05) is 0 Å². The fraction of sp³-hybridized carbons (Fsp3) is 1.00. The van der Waals surface area contributed by atoms with Crippen molar-refractivity contribution < 1.29 is 35.7 Å². The average molecular weight is 238 g/mol. The summed E-state index contributed by atoms with van der Waals surface area (Å²) >= 11 is 0. The molecule has 7 heteroatoms. The SMILES string of the molecule is OCCCC1(O)[C@H](O)[C@@H](O)C(O)[C@@H](O)[C@@H]1O. The Labute approximate surface area is 92.2 Å². The highest BCUT2D eigenvalue weighted by Crippen LogP contribution is 2.33. The zero-order valence-electron chi connectivity index (χ0n) is 8.64. The van der Waals surface area contributed by atoms with Crippen LogP contribution in [0.3, 0.4) is 0 Å². The van der Waals surface area contributed by atoms with Gasteiger partial charge in [0.25, 0.3) is 0 Å². The lowest BCUT2D eigenvalue weighted by atomic mass is 9.72. The van der Waals surface area contributed by atoms with Gasteiger partial charge in [-0.3, -0.25) is 0 Å². The van der Waals surface area contributed by atoms with Crippen LogP contribution in [0, 0.1) is 0 Å². The second-order valence-electron chi connectivity index (χ2n) is 4.18. The Morgan fingerprint density at radius 1 is 0.812 bits per heavy atom. The van der Waals surface area contributed by atoms with Crippen LogP contribution in [0.1, 0.15) is 12.8 Å². The van der Waals surface area contributed by atoms with Crippen molar-refractivity contribution >= 4 is 0 Å². The molecule has 0 amide bonds. The van der Waals surface area contributed by atoms with Gasteiger partial charge in [0, 0.05) is 6.61 Å². The summed E-state index contributed by atoms with van der Waals surface area (Å²) in [6.45, 7) is -0.267. The molecule has 16 heavy (non-hydrogen) atoms. The predicted molar refractivity (Wildman–Crippen MR) is 51.3 cm³/mol. The first-order valence-electron chi connectivity index (χ1n) is 5.10. The number of hydrogen-bond acceptors (Lipinski definition) is 7. The Morgan fingerprint density at radius 3 is 1.62 bits per heavy atom. The molecule has 6 atom stereocenters. The lowest BCUT2D eigenvalue weighted by Gasteiger charge is -2.47. The first kappa shape index (κ1) is 13.8. The maximum absolute atomic E-state index is 9.96. The van der Waals surface area contributed by atoms with Gasteiger partial charge in [-0.2, -0.15) is 0 Å². The molecule has 1 aliphatic rings. The molecule has 0 spiro atoms. The first-order chi connectivity index (χ1) is 7.36. The summed E-state index contributed by atoms with van der Waals surface area (Å²) in [6, 6.07) is 0. The van der Waals surface area contributed by atoms with Gasteiger partial charge >= 0.3 is 0 Å². The largest absolute Gasteiger partial charge is 0.396 e. The minimum atomic E-state index is -2.14. The standard InChI is InChI=1S/C9H18O7/c10-3-1-2-9(16)7(14)5(12)4(11)6(13)8(9)15/h4-8,10-16H,1-3H2/t4?,5-,6+,7+,8-,9?. The highest BCUT2D eigenvalue weighted by molar-refractivity contribution is 5.08. The van der Waals surface area contributed by atoms with Crippen molar-refractivity contribution in [3.8, 4) is 0 Å². The zero-order valence-corrected chi connectivity index (χ0v) is 8.64. The van der Waals surface area contributed by atoms with Crippen molar-refractivity contribution in [2.45, 2.75) is 49.0 Å². The molecule has 2 unspecified atom stereocenters. The van der Waals surface area contributed by atoms with Gasteiger partial charge in [0.15, 0.2) is 0 Å². The van der Waals surface area contributed by atoms with E-state index in [9.17, 15) is 30.6 Å². The van der Waals surface area contributed by atoms with E-state index in [-0.39, 0.29) is 19.4 Å². The molecule has 0 aromatic heterocycles. The number of aliphatic hydroxyl groups is 7. The van der Waals surface area contributed by atoms with Gasteiger partial charge in [-0.15, -0.1) is 0 Å². The number of aliphatic hydroxyl groups excluding tert-OH is 6. The molecular formula is C9H18O7. The van der Waals surface area contributed by atoms with E-state index in [1.165, 1.54) is 0 Å². The summed E-state index contributed by atoms with van der Waals surface area (Å²) in [5, 5.41) is 65.7. The molecule has 0 aliphatic heterocycles. The summed E-state index contributed by atoms with van der Waals surface area (Å²) in [7, 11) is 0. The third-order valence-corrected chi connectivity index (χ3v) is 3.11. The van der Waals surface area contributed by atoms with E-state index in [1.54, 1.807) is 0 Å². The van der Waals surface area contributed by atoms with Crippen LogP contribution in [-0.4, -0.2) is 78.5 Å². The minimum absolute atomic E-state index is 0.0835. The fourth-order valence-electron chi connectivity index (χ4n) is 2.00. The van der Waals surface area contributed by atoms with Crippen LogP contribution in [0.15, 0.2) is 0 Å². The van der Waals surface area contributed by atoms with Crippen molar-refractivity contribution in [2.24, 2.45) is 0 Å². The number of hydrogen-bond donors (Lipinski definition) is 7. The molecule has 0 aromatic carbocycles. The minimum Gasteiger partial charge on any atom is -0.396 e. The molecule has 0 aromatic rings. The second-order valence-corrected chi connectivity index (χ2v) is 4.18. The molecule has 1 fully saturated rings. The van der Waals surface area contributed by atoms with E-state index in [2.05, 4.69) is 0 Å². The Kier molecular flexibility index (Phi) is 4.24. The van der Waals surface area contributed by atoms with Gasteiger partial charge in [-0.05, 0) is 12.8 Å². The van der Waals surface area contributed by atoms with Gasteiger partial charge in [-0.25, -0.2) is 0 Å². The molecule has 0 saturated heterocycles.